The number of imide groups is 1. The van der Waals surface area contributed by atoms with Crippen molar-refractivity contribution in [1.82, 2.24) is 4.90 Å². The van der Waals surface area contributed by atoms with Crippen LogP contribution >= 0.6 is 12.4 Å². The lowest BCUT2D eigenvalue weighted by molar-refractivity contribution is -0.139. The molecule has 0 spiro atoms. The zero-order chi connectivity index (χ0) is 17.9. The molecule has 2 heterocycles. The van der Waals surface area contributed by atoms with Gasteiger partial charge in [0.2, 0.25) is 17.7 Å². The van der Waals surface area contributed by atoms with Crippen molar-refractivity contribution in [3.05, 3.63) is 29.8 Å². The summed E-state index contributed by atoms with van der Waals surface area (Å²) in [5.41, 5.74) is 6.79. The van der Waals surface area contributed by atoms with Crippen LogP contribution in [0.15, 0.2) is 24.3 Å². The Morgan fingerprint density at radius 2 is 1.69 bits per heavy atom. The number of halogens is 1. The summed E-state index contributed by atoms with van der Waals surface area (Å²) >= 11 is 0. The molecule has 1 aromatic carbocycles. The van der Waals surface area contributed by atoms with Crippen LogP contribution in [0, 0.1) is 5.41 Å². The first kappa shape index (κ1) is 20.4. The van der Waals surface area contributed by atoms with Crippen molar-refractivity contribution >= 4 is 35.8 Å². The molecule has 8 heteroatoms. The third-order valence-electron chi connectivity index (χ3n) is 5.03. The van der Waals surface area contributed by atoms with Crippen molar-refractivity contribution in [2.75, 3.05) is 25.1 Å². The number of carbonyl (C=O) groups is 3. The second-order valence-electron chi connectivity index (χ2n) is 6.62. The summed E-state index contributed by atoms with van der Waals surface area (Å²) in [7, 11) is 0. The smallest absolute Gasteiger partial charge is 0.232 e. The number of nitrogens with one attached hydrogen (secondary N) is 1. The molecule has 0 radical (unpaired) electrons. The summed E-state index contributed by atoms with van der Waals surface area (Å²) in [6.45, 7) is 1.65. The third kappa shape index (κ3) is 4.23. The largest absolute Gasteiger partial charge is 0.381 e. The quantitative estimate of drug-likeness (QED) is 0.751. The lowest BCUT2D eigenvalue weighted by Gasteiger charge is -2.34. The molecule has 2 aliphatic heterocycles. The minimum Gasteiger partial charge on any atom is -0.381 e. The van der Waals surface area contributed by atoms with Crippen molar-refractivity contribution < 1.29 is 19.1 Å². The number of amides is 3. The fourth-order valence-corrected chi connectivity index (χ4v) is 3.22. The minimum absolute atomic E-state index is 0. The van der Waals surface area contributed by atoms with Gasteiger partial charge >= 0.3 is 0 Å². The average molecular weight is 382 g/mol. The van der Waals surface area contributed by atoms with Gasteiger partial charge in [0.25, 0.3) is 0 Å². The summed E-state index contributed by atoms with van der Waals surface area (Å²) in [4.78, 5) is 37.2. The Balaban J connectivity index is 0.00000243. The molecule has 0 bridgehead atoms. The molecule has 3 amide bonds. The summed E-state index contributed by atoms with van der Waals surface area (Å²) < 4.78 is 5.33. The summed E-state index contributed by atoms with van der Waals surface area (Å²) in [5.74, 6) is -0.352. The van der Waals surface area contributed by atoms with E-state index in [9.17, 15) is 14.4 Å². The first-order chi connectivity index (χ1) is 12.0. The molecule has 0 atom stereocenters. The van der Waals surface area contributed by atoms with Gasteiger partial charge in [-0.05, 0) is 30.5 Å². The normalized spacial score (nSPS) is 19.2. The van der Waals surface area contributed by atoms with E-state index < -0.39 is 5.41 Å². The number of nitrogens with two attached hydrogens (primary N) is 1. The van der Waals surface area contributed by atoms with Gasteiger partial charge in [-0.2, -0.15) is 0 Å². The Morgan fingerprint density at radius 3 is 2.23 bits per heavy atom. The average Bonchev–Trinajstić information content (AvgIpc) is 2.95. The highest BCUT2D eigenvalue weighted by molar-refractivity contribution is 6.01. The van der Waals surface area contributed by atoms with Crippen molar-refractivity contribution in [2.24, 2.45) is 11.1 Å². The van der Waals surface area contributed by atoms with Gasteiger partial charge < -0.3 is 15.8 Å². The molecule has 26 heavy (non-hydrogen) atoms. The number of hydrogen-bond donors (Lipinski definition) is 2. The van der Waals surface area contributed by atoms with E-state index in [1.807, 2.05) is 12.1 Å². The van der Waals surface area contributed by atoms with Crippen LogP contribution in [0.1, 0.15) is 31.2 Å². The van der Waals surface area contributed by atoms with E-state index in [2.05, 4.69) is 5.32 Å². The standard InChI is InChI=1S/C18H23N3O4.ClH/c19-12-18(7-9-25-10-8-18)17(24)20-14-3-1-13(2-4-14)11-21-15(22)5-6-16(21)23;/h1-4H,5-12,19H2,(H,20,24);1H. The number of benzene rings is 1. The zero-order valence-corrected chi connectivity index (χ0v) is 15.3. The Morgan fingerprint density at radius 1 is 1.12 bits per heavy atom. The van der Waals surface area contributed by atoms with E-state index in [1.54, 1.807) is 12.1 Å². The molecule has 2 fully saturated rings. The molecular weight excluding hydrogens is 358 g/mol. The highest BCUT2D eigenvalue weighted by Crippen LogP contribution is 2.31. The van der Waals surface area contributed by atoms with E-state index in [4.69, 9.17) is 10.5 Å². The van der Waals surface area contributed by atoms with Crippen LogP contribution in [0.4, 0.5) is 5.69 Å². The number of nitrogens with zero attached hydrogens (tertiary/aromatic N) is 1. The fourth-order valence-electron chi connectivity index (χ4n) is 3.22. The summed E-state index contributed by atoms with van der Waals surface area (Å²) in [6.07, 6.45) is 1.81. The van der Waals surface area contributed by atoms with Gasteiger partial charge in [-0.25, -0.2) is 0 Å². The molecule has 2 aliphatic rings. The van der Waals surface area contributed by atoms with E-state index >= 15 is 0 Å². The van der Waals surface area contributed by atoms with Crippen LogP contribution in [0.25, 0.3) is 0 Å². The molecule has 2 saturated heterocycles. The van der Waals surface area contributed by atoms with Crippen LogP contribution in [-0.2, 0) is 25.7 Å². The molecule has 3 rings (SSSR count). The number of likely N-dealkylation sites (tertiary alicyclic amines) is 1. The molecule has 0 aliphatic carbocycles. The molecule has 3 N–H and O–H groups in total. The van der Waals surface area contributed by atoms with Crippen LogP contribution in [0.2, 0.25) is 0 Å². The number of rotatable bonds is 5. The van der Waals surface area contributed by atoms with Crippen LogP contribution < -0.4 is 11.1 Å². The number of anilines is 1. The Hall–Kier alpha value is -1.96. The molecule has 7 nitrogen and oxygen atoms in total. The maximum atomic E-state index is 12.6. The summed E-state index contributed by atoms with van der Waals surface area (Å²) in [6, 6.07) is 7.19. The van der Waals surface area contributed by atoms with Crippen LogP contribution in [0.5, 0.6) is 0 Å². The Kier molecular flexibility index (Phi) is 6.75. The summed E-state index contributed by atoms with van der Waals surface area (Å²) in [5, 5.41) is 2.92. The highest BCUT2D eigenvalue weighted by Gasteiger charge is 2.38. The zero-order valence-electron chi connectivity index (χ0n) is 14.5. The number of ether oxygens (including phenoxy) is 1. The van der Waals surface area contributed by atoms with Gasteiger partial charge in [0.05, 0.1) is 12.0 Å². The van der Waals surface area contributed by atoms with E-state index in [-0.39, 0.29) is 49.5 Å². The van der Waals surface area contributed by atoms with Gasteiger partial charge in [-0.15, -0.1) is 12.4 Å². The molecule has 0 unspecified atom stereocenters. The van der Waals surface area contributed by atoms with Crippen LogP contribution in [0.3, 0.4) is 0 Å². The fraction of sp³-hybridized carbons (Fsp3) is 0.500. The number of hydrogen-bond acceptors (Lipinski definition) is 5. The molecule has 1 aromatic rings. The maximum absolute atomic E-state index is 12.6. The molecule has 142 valence electrons. The van der Waals surface area contributed by atoms with Crippen LogP contribution in [-0.4, -0.2) is 42.4 Å². The Bertz CT molecular complexity index is 656. The second kappa shape index (κ2) is 8.62. The third-order valence-corrected chi connectivity index (χ3v) is 5.03. The first-order valence-corrected chi connectivity index (χ1v) is 8.55. The van der Waals surface area contributed by atoms with E-state index in [0.717, 1.165) is 5.56 Å². The predicted molar refractivity (Wildman–Crippen MR) is 98.7 cm³/mol. The molecular formula is C18H24ClN3O4. The molecule has 0 saturated carbocycles. The van der Waals surface area contributed by atoms with Crippen molar-refractivity contribution in [2.45, 2.75) is 32.2 Å². The van der Waals surface area contributed by atoms with Crippen molar-refractivity contribution in [3.63, 3.8) is 0 Å². The lowest BCUT2D eigenvalue weighted by Crippen LogP contribution is -2.46. The minimum atomic E-state index is -0.578. The first-order valence-electron chi connectivity index (χ1n) is 8.55. The van der Waals surface area contributed by atoms with Gasteiger partial charge in [0.15, 0.2) is 0 Å². The van der Waals surface area contributed by atoms with Gasteiger partial charge in [0.1, 0.15) is 0 Å². The second-order valence-corrected chi connectivity index (χ2v) is 6.62. The van der Waals surface area contributed by atoms with E-state index in [0.29, 0.717) is 38.3 Å². The monoisotopic (exact) mass is 381 g/mol. The highest BCUT2D eigenvalue weighted by atomic mass is 35.5. The SMILES string of the molecule is Cl.NCC1(C(=O)Nc2ccc(CN3C(=O)CCC3=O)cc2)CCOCC1. The van der Waals surface area contributed by atoms with Gasteiger partial charge in [0, 0.05) is 38.3 Å². The number of carbonyl (C=O) groups excluding carboxylic acids is 3. The maximum Gasteiger partial charge on any atom is 0.232 e. The predicted octanol–water partition coefficient (Wildman–Crippen LogP) is 1.45. The van der Waals surface area contributed by atoms with E-state index in [1.165, 1.54) is 4.90 Å². The van der Waals surface area contributed by atoms with Gasteiger partial charge in [-0.3, -0.25) is 19.3 Å². The van der Waals surface area contributed by atoms with Crippen molar-refractivity contribution in [3.8, 4) is 0 Å². The molecule has 0 aromatic heterocycles. The van der Waals surface area contributed by atoms with Gasteiger partial charge in [-0.1, -0.05) is 12.1 Å². The topological polar surface area (TPSA) is 102 Å². The lowest BCUT2D eigenvalue weighted by atomic mass is 9.79. The Labute approximate surface area is 158 Å². The van der Waals surface area contributed by atoms with Crippen molar-refractivity contribution in [1.29, 1.82) is 0 Å².